The van der Waals surface area contributed by atoms with Gasteiger partial charge in [0.25, 0.3) is 0 Å². The van der Waals surface area contributed by atoms with E-state index in [0.29, 0.717) is 28.7 Å². The van der Waals surface area contributed by atoms with Gasteiger partial charge in [-0.25, -0.2) is 4.98 Å². The van der Waals surface area contributed by atoms with Crippen LogP contribution in [-0.2, 0) is 0 Å². The average molecular weight is 254 g/mol. The smallest absolute Gasteiger partial charge is 0.126 e. The second-order valence-corrected chi connectivity index (χ2v) is 5.27. The minimum atomic E-state index is 0.477. The number of hydrogen-bond donors (Lipinski definition) is 2. The lowest BCUT2D eigenvalue weighted by Gasteiger charge is -2.22. The summed E-state index contributed by atoms with van der Waals surface area (Å²) in [7, 11) is 0. The van der Waals surface area contributed by atoms with Gasteiger partial charge < -0.3 is 11.1 Å². The van der Waals surface area contributed by atoms with Crippen LogP contribution >= 0.6 is 11.6 Å². The molecule has 0 aliphatic heterocycles. The van der Waals surface area contributed by atoms with Crippen LogP contribution in [0.1, 0.15) is 38.2 Å². The van der Waals surface area contributed by atoms with Gasteiger partial charge in [-0.05, 0) is 42.9 Å². The Balaban J connectivity index is 2.20. The van der Waals surface area contributed by atoms with Gasteiger partial charge in [-0.3, -0.25) is 0 Å². The van der Waals surface area contributed by atoms with E-state index in [-0.39, 0.29) is 0 Å². The lowest BCUT2D eigenvalue weighted by atomic mass is 9.89. The summed E-state index contributed by atoms with van der Waals surface area (Å²) in [4.78, 5) is 4.15. The van der Waals surface area contributed by atoms with Crippen molar-refractivity contribution in [1.29, 1.82) is 0 Å². The first-order chi connectivity index (χ1) is 8.13. The van der Waals surface area contributed by atoms with E-state index < -0.39 is 0 Å². The zero-order chi connectivity index (χ0) is 12.4. The molecule has 0 spiro atoms. The van der Waals surface area contributed by atoms with Crippen molar-refractivity contribution in [2.75, 3.05) is 12.3 Å². The number of halogens is 1. The quantitative estimate of drug-likeness (QED) is 0.871. The highest BCUT2D eigenvalue weighted by Crippen LogP contribution is 2.41. The molecular formula is C13H20ClN3. The number of rotatable bonds is 3. The number of pyridine rings is 1. The second kappa shape index (κ2) is 5.23. The molecule has 1 aromatic heterocycles. The van der Waals surface area contributed by atoms with Gasteiger partial charge in [-0.15, -0.1) is 0 Å². The molecule has 3 unspecified atom stereocenters. The number of nitrogens with zero attached hydrogens (tertiary/aromatic N) is 1. The number of nitrogens with one attached hydrogen (secondary N) is 1. The maximum Gasteiger partial charge on any atom is 0.126 e. The fraction of sp³-hybridized carbons (Fsp3) is 0.615. The molecule has 0 bridgehead atoms. The minimum Gasteiger partial charge on any atom is -0.383 e. The van der Waals surface area contributed by atoms with Crippen LogP contribution in [0.3, 0.4) is 0 Å². The van der Waals surface area contributed by atoms with Gasteiger partial charge in [-0.2, -0.15) is 0 Å². The van der Waals surface area contributed by atoms with Gasteiger partial charge in [-0.1, -0.05) is 25.4 Å². The summed E-state index contributed by atoms with van der Waals surface area (Å²) in [6.07, 6.45) is 3.97. The molecule has 3 atom stereocenters. The zero-order valence-electron chi connectivity index (χ0n) is 10.4. The summed E-state index contributed by atoms with van der Waals surface area (Å²) in [5.74, 6) is 1.69. The molecule has 1 aromatic rings. The molecule has 1 saturated carbocycles. The van der Waals surface area contributed by atoms with Gasteiger partial charge in [0.1, 0.15) is 5.82 Å². The summed E-state index contributed by atoms with van der Waals surface area (Å²) in [5, 5.41) is 4.21. The number of hydrogen-bond acceptors (Lipinski definition) is 3. The van der Waals surface area contributed by atoms with Crippen molar-refractivity contribution in [3.8, 4) is 0 Å². The second-order valence-electron chi connectivity index (χ2n) is 4.84. The van der Waals surface area contributed by atoms with E-state index in [1.165, 1.54) is 6.42 Å². The highest BCUT2D eigenvalue weighted by atomic mass is 35.5. The van der Waals surface area contributed by atoms with E-state index >= 15 is 0 Å². The SMILES string of the molecule is CCNC1CCC(c2cc(Cl)cnc2N)C1C. The monoisotopic (exact) mass is 253 g/mol. The summed E-state index contributed by atoms with van der Waals surface area (Å²) >= 11 is 6.01. The van der Waals surface area contributed by atoms with Crippen molar-refractivity contribution in [3.05, 3.63) is 22.8 Å². The average Bonchev–Trinajstić information content (AvgIpc) is 2.65. The Hall–Kier alpha value is -0.800. The van der Waals surface area contributed by atoms with Gasteiger partial charge >= 0.3 is 0 Å². The topological polar surface area (TPSA) is 50.9 Å². The first-order valence-electron chi connectivity index (χ1n) is 6.27. The Morgan fingerprint density at radius 2 is 2.29 bits per heavy atom. The Bertz CT molecular complexity index is 394. The van der Waals surface area contributed by atoms with Crippen molar-refractivity contribution in [2.45, 2.75) is 38.6 Å². The number of nitrogens with two attached hydrogens (primary N) is 1. The van der Waals surface area contributed by atoms with Crippen molar-refractivity contribution in [2.24, 2.45) is 5.92 Å². The molecule has 0 radical (unpaired) electrons. The summed E-state index contributed by atoms with van der Waals surface area (Å²) in [6.45, 7) is 5.45. The highest BCUT2D eigenvalue weighted by molar-refractivity contribution is 6.30. The van der Waals surface area contributed by atoms with Crippen LogP contribution in [0.4, 0.5) is 5.82 Å². The van der Waals surface area contributed by atoms with Crippen LogP contribution < -0.4 is 11.1 Å². The van der Waals surface area contributed by atoms with Crippen LogP contribution in [0.15, 0.2) is 12.3 Å². The fourth-order valence-electron chi connectivity index (χ4n) is 2.92. The van der Waals surface area contributed by atoms with E-state index in [1.807, 2.05) is 6.07 Å². The third-order valence-corrected chi connectivity index (χ3v) is 4.05. The Morgan fingerprint density at radius 3 is 3.00 bits per heavy atom. The van der Waals surface area contributed by atoms with Gasteiger partial charge in [0.15, 0.2) is 0 Å². The van der Waals surface area contributed by atoms with Crippen LogP contribution in [0, 0.1) is 5.92 Å². The molecule has 0 amide bonds. The lowest BCUT2D eigenvalue weighted by molar-refractivity contribution is 0.412. The third kappa shape index (κ3) is 2.55. The van der Waals surface area contributed by atoms with E-state index in [2.05, 4.69) is 24.1 Å². The number of nitrogen functional groups attached to an aromatic ring is 1. The fourth-order valence-corrected chi connectivity index (χ4v) is 3.08. The predicted octanol–water partition coefficient (Wildman–Crippen LogP) is 2.81. The van der Waals surface area contributed by atoms with Crippen molar-refractivity contribution < 1.29 is 0 Å². The maximum atomic E-state index is 6.01. The van der Waals surface area contributed by atoms with E-state index in [4.69, 9.17) is 17.3 Å². The molecule has 17 heavy (non-hydrogen) atoms. The Labute approximate surface area is 108 Å². The number of aromatic nitrogens is 1. The standard InChI is InChI=1S/C13H20ClN3/c1-3-16-12-5-4-10(8(12)2)11-6-9(14)7-17-13(11)15/h6-8,10,12,16H,3-5H2,1-2H3,(H2,15,17). The molecule has 1 heterocycles. The molecular weight excluding hydrogens is 234 g/mol. The summed E-state index contributed by atoms with van der Waals surface area (Å²) < 4.78 is 0. The zero-order valence-corrected chi connectivity index (χ0v) is 11.2. The van der Waals surface area contributed by atoms with E-state index in [0.717, 1.165) is 18.5 Å². The van der Waals surface area contributed by atoms with Crippen molar-refractivity contribution >= 4 is 17.4 Å². The first-order valence-corrected chi connectivity index (χ1v) is 6.65. The molecule has 0 aromatic carbocycles. The van der Waals surface area contributed by atoms with Gasteiger partial charge in [0.2, 0.25) is 0 Å². The van der Waals surface area contributed by atoms with Crippen molar-refractivity contribution in [1.82, 2.24) is 10.3 Å². The molecule has 3 nitrogen and oxygen atoms in total. The van der Waals surface area contributed by atoms with E-state index in [1.54, 1.807) is 6.20 Å². The molecule has 4 heteroatoms. The first kappa shape index (κ1) is 12.7. The van der Waals surface area contributed by atoms with Crippen LogP contribution in [0.2, 0.25) is 5.02 Å². The van der Waals surface area contributed by atoms with Crippen LogP contribution in [0.25, 0.3) is 0 Å². The molecule has 1 aliphatic rings. The molecule has 1 aliphatic carbocycles. The van der Waals surface area contributed by atoms with Crippen molar-refractivity contribution in [3.63, 3.8) is 0 Å². The lowest BCUT2D eigenvalue weighted by Crippen LogP contribution is -2.32. The Kier molecular flexibility index (Phi) is 3.89. The number of anilines is 1. The molecule has 1 fully saturated rings. The van der Waals surface area contributed by atoms with Crippen LogP contribution in [0.5, 0.6) is 0 Å². The van der Waals surface area contributed by atoms with E-state index in [9.17, 15) is 0 Å². The van der Waals surface area contributed by atoms with Crippen LogP contribution in [-0.4, -0.2) is 17.6 Å². The Morgan fingerprint density at radius 1 is 1.53 bits per heavy atom. The summed E-state index contributed by atoms with van der Waals surface area (Å²) in [5.41, 5.74) is 7.08. The predicted molar refractivity (Wildman–Crippen MR) is 72.3 cm³/mol. The summed E-state index contributed by atoms with van der Waals surface area (Å²) in [6, 6.07) is 2.56. The molecule has 0 saturated heterocycles. The van der Waals surface area contributed by atoms with Gasteiger partial charge in [0, 0.05) is 12.2 Å². The maximum absolute atomic E-state index is 6.01. The minimum absolute atomic E-state index is 0.477. The third-order valence-electron chi connectivity index (χ3n) is 3.84. The highest BCUT2D eigenvalue weighted by Gasteiger charge is 2.34. The normalized spacial score (nSPS) is 28.5. The molecule has 3 N–H and O–H groups in total. The van der Waals surface area contributed by atoms with Gasteiger partial charge in [0.05, 0.1) is 5.02 Å². The molecule has 94 valence electrons. The molecule has 2 rings (SSSR count). The largest absolute Gasteiger partial charge is 0.383 e.